The van der Waals surface area contributed by atoms with Gasteiger partial charge in [-0.2, -0.15) is 5.10 Å². The molecule has 0 saturated carbocycles. The Bertz CT molecular complexity index is 478. The van der Waals surface area contributed by atoms with E-state index in [-0.39, 0.29) is 0 Å². The second-order valence-corrected chi connectivity index (χ2v) is 5.14. The number of anilines is 1. The van der Waals surface area contributed by atoms with E-state index in [0.29, 0.717) is 12.4 Å². The molecule has 16 heavy (non-hydrogen) atoms. The highest BCUT2D eigenvalue weighted by molar-refractivity contribution is 9.10. The molecule has 0 saturated heterocycles. The number of rotatable bonds is 3. The molecule has 0 aliphatic rings. The molecule has 1 heterocycles. The lowest BCUT2D eigenvalue weighted by atomic mass is 10.2. The van der Waals surface area contributed by atoms with Gasteiger partial charge in [0.05, 0.1) is 6.54 Å². The summed E-state index contributed by atoms with van der Waals surface area (Å²) in [4.78, 5) is 0. The molecule has 0 atom stereocenters. The highest BCUT2D eigenvalue weighted by Crippen LogP contribution is 2.18. The van der Waals surface area contributed by atoms with Crippen molar-refractivity contribution >= 4 is 33.5 Å². The Morgan fingerprint density at radius 2 is 2.06 bits per heavy atom. The van der Waals surface area contributed by atoms with E-state index in [4.69, 9.17) is 5.73 Å². The molecule has 1 aromatic heterocycles. The maximum Gasteiger partial charge on any atom is 0.123 e. The smallest absolute Gasteiger partial charge is 0.123 e. The molecule has 3 nitrogen and oxygen atoms in total. The van der Waals surface area contributed by atoms with Gasteiger partial charge < -0.3 is 5.73 Å². The Kier molecular flexibility index (Phi) is 3.56. The average molecular weight is 298 g/mol. The number of halogens is 1. The monoisotopic (exact) mass is 297 g/mol. The summed E-state index contributed by atoms with van der Waals surface area (Å²) in [6.45, 7) is 0.708. The number of hydrogen-bond donors (Lipinski definition) is 1. The molecule has 5 heteroatoms. The number of nitrogen functional groups attached to an aromatic ring is 1. The van der Waals surface area contributed by atoms with Crippen LogP contribution in [0.4, 0.5) is 5.82 Å². The minimum absolute atomic E-state index is 0.701. The maximum absolute atomic E-state index is 5.87. The van der Waals surface area contributed by atoms with E-state index in [1.807, 2.05) is 29.1 Å². The zero-order valence-corrected chi connectivity index (χ0v) is 11.3. The van der Waals surface area contributed by atoms with Crippen molar-refractivity contribution in [2.75, 3.05) is 12.0 Å². The van der Waals surface area contributed by atoms with Gasteiger partial charge in [-0.15, -0.1) is 11.8 Å². The van der Waals surface area contributed by atoms with Gasteiger partial charge in [0.15, 0.2) is 0 Å². The van der Waals surface area contributed by atoms with Crippen LogP contribution in [0.2, 0.25) is 0 Å². The van der Waals surface area contributed by atoms with Crippen LogP contribution in [0.25, 0.3) is 0 Å². The van der Waals surface area contributed by atoms with Gasteiger partial charge in [-0.05, 0) is 24.0 Å². The Labute approximate surface area is 107 Å². The standard InChI is InChI=1S/C11H12BrN3S/c1-16-11-6-10(13)15(14-11)7-8-2-4-9(12)5-3-8/h2-6H,7,13H2,1H3. The average Bonchev–Trinajstić information content (AvgIpc) is 2.63. The van der Waals surface area contributed by atoms with Crippen LogP contribution < -0.4 is 5.73 Å². The second-order valence-electron chi connectivity index (χ2n) is 3.40. The van der Waals surface area contributed by atoms with Crippen molar-refractivity contribution in [3.8, 4) is 0 Å². The summed E-state index contributed by atoms with van der Waals surface area (Å²) < 4.78 is 2.89. The lowest BCUT2D eigenvalue weighted by molar-refractivity contribution is 0.675. The van der Waals surface area contributed by atoms with Crippen LogP contribution in [0.5, 0.6) is 0 Å². The van der Waals surface area contributed by atoms with Crippen molar-refractivity contribution in [2.24, 2.45) is 0 Å². The SMILES string of the molecule is CSc1cc(N)n(Cc2ccc(Br)cc2)n1. The first-order valence-corrected chi connectivity index (χ1v) is 6.82. The van der Waals surface area contributed by atoms with E-state index in [9.17, 15) is 0 Å². The Hall–Kier alpha value is -0.940. The van der Waals surface area contributed by atoms with Gasteiger partial charge in [-0.1, -0.05) is 28.1 Å². The van der Waals surface area contributed by atoms with Gasteiger partial charge in [0, 0.05) is 10.5 Å². The van der Waals surface area contributed by atoms with E-state index in [0.717, 1.165) is 9.50 Å². The summed E-state index contributed by atoms with van der Waals surface area (Å²) in [6.07, 6.45) is 1.99. The fraction of sp³-hybridized carbons (Fsp3) is 0.182. The molecular weight excluding hydrogens is 286 g/mol. The first-order chi connectivity index (χ1) is 7.69. The number of aromatic nitrogens is 2. The largest absolute Gasteiger partial charge is 0.384 e. The minimum Gasteiger partial charge on any atom is -0.384 e. The summed E-state index contributed by atoms with van der Waals surface area (Å²) in [5.41, 5.74) is 7.06. The number of thioether (sulfide) groups is 1. The fourth-order valence-electron chi connectivity index (χ4n) is 1.40. The van der Waals surface area contributed by atoms with Gasteiger partial charge >= 0.3 is 0 Å². The molecule has 1 aromatic carbocycles. The van der Waals surface area contributed by atoms with Crippen molar-refractivity contribution in [2.45, 2.75) is 11.6 Å². The first-order valence-electron chi connectivity index (χ1n) is 4.81. The van der Waals surface area contributed by atoms with Crippen molar-refractivity contribution < 1.29 is 0 Å². The van der Waals surface area contributed by atoms with Crippen LogP contribution >= 0.6 is 27.7 Å². The molecular formula is C11H12BrN3S. The predicted molar refractivity (Wildman–Crippen MR) is 71.7 cm³/mol. The minimum atomic E-state index is 0.701. The molecule has 0 radical (unpaired) electrons. The molecule has 84 valence electrons. The quantitative estimate of drug-likeness (QED) is 0.886. The highest BCUT2D eigenvalue weighted by Gasteiger charge is 2.04. The van der Waals surface area contributed by atoms with E-state index >= 15 is 0 Å². The molecule has 0 aliphatic carbocycles. The Morgan fingerprint density at radius 1 is 1.38 bits per heavy atom. The number of benzene rings is 1. The van der Waals surface area contributed by atoms with E-state index in [1.165, 1.54) is 5.56 Å². The molecule has 0 spiro atoms. The summed E-state index contributed by atoms with van der Waals surface area (Å²) in [6, 6.07) is 10.0. The normalized spacial score (nSPS) is 10.6. The number of hydrogen-bond acceptors (Lipinski definition) is 3. The Morgan fingerprint density at radius 3 is 2.62 bits per heavy atom. The first kappa shape index (κ1) is 11.5. The third kappa shape index (κ3) is 2.59. The van der Waals surface area contributed by atoms with Gasteiger partial charge in [0.25, 0.3) is 0 Å². The number of nitrogens with two attached hydrogens (primary N) is 1. The molecule has 0 bridgehead atoms. The lowest BCUT2D eigenvalue weighted by Gasteiger charge is -2.04. The third-order valence-corrected chi connectivity index (χ3v) is 3.39. The van der Waals surface area contributed by atoms with E-state index in [1.54, 1.807) is 11.8 Å². The zero-order valence-electron chi connectivity index (χ0n) is 8.85. The van der Waals surface area contributed by atoms with Crippen molar-refractivity contribution in [3.05, 3.63) is 40.4 Å². The molecule has 2 aromatic rings. The molecule has 0 fully saturated rings. The molecule has 0 aliphatic heterocycles. The molecule has 0 amide bonds. The van der Waals surface area contributed by atoms with Crippen molar-refractivity contribution in [1.82, 2.24) is 9.78 Å². The Balaban J connectivity index is 2.19. The molecule has 2 rings (SSSR count). The topological polar surface area (TPSA) is 43.8 Å². The van der Waals surface area contributed by atoms with Gasteiger partial charge in [-0.3, -0.25) is 0 Å². The maximum atomic E-state index is 5.87. The van der Waals surface area contributed by atoms with Gasteiger partial charge in [0.2, 0.25) is 0 Å². The predicted octanol–water partition coefficient (Wildman–Crippen LogP) is 3.00. The van der Waals surface area contributed by atoms with Crippen LogP contribution in [-0.2, 0) is 6.54 Å². The molecule has 0 unspecified atom stereocenters. The number of nitrogens with zero attached hydrogens (tertiary/aromatic N) is 2. The van der Waals surface area contributed by atoms with Crippen LogP contribution in [0.15, 0.2) is 39.8 Å². The van der Waals surface area contributed by atoms with Crippen molar-refractivity contribution in [1.29, 1.82) is 0 Å². The zero-order chi connectivity index (χ0) is 11.5. The summed E-state index contributed by atoms with van der Waals surface area (Å²) in [5.74, 6) is 0.701. The van der Waals surface area contributed by atoms with Gasteiger partial charge in [-0.25, -0.2) is 4.68 Å². The van der Waals surface area contributed by atoms with Crippen LogP contribution in [0, 0.1) is 0 Å². The summed E-state index contributed by atoms with van der Waals surface area (Å²) in [7, 11) is 0. The van der Waals surface area contributed by atoms with E-state index < -0.39 is 0 Å². The highest BCUT2D eigenvalue weighted by atomic mass is 79.9. The van der Waals surface area contributed by atoms with Gasteiger partial charge in [0.1, 0.15) is 10.8 Å². The lowest BCUT2D eigenvalue weighted by Crippen LogP contribution is -2.05. The van der Waals surface area contributed by atoms with Crippen LogP contribution in [0.1, 0.15) is 5.56 Å². The second kappa shape index (κ2) is 4.93. The van der Waals surface area contributed by atoms with E-state index in [2.05, 4.69) is 33.2 Å². The summed E-state index contributed by atoms with van der Waals surface area (Å²) in [5, 5.41) is 5.34. The summed E-state index contributed by atoms with van der Waals surface area (Å²) >= 11 is 5.01. The molecule has 2 N–H and O–H groups in total. The van der Waals surface area contributed by atoms with Crippen molar-refractivity contribution in [3.63, 3.8) is 0 Å². The van der Waals surface area contributed by atoms with Crippen LogP contribution in [-0.4, -0.2) is 16.0 Å². The fourth-order valence-corrected chi connectivity index (χ4v) is 2.08. The van der Waals surface area contributed by atoms with Crippen LogP contribution in [0.3, 0.4) is 0 Å². The third-order valence-electron chi connectivity index (χ3n) is 2.24.